The highest BCUT2D eigenvalue weighted by Gasteiger charge is 1.99. The molecule has 0 heterocycles. The molecule has 0 spiro atoms. The zero-order valence-corrected chi connectivity index (χ0v) is 8.73. The first-order valence-electron chi connectivity index (χ1n) is 4.80. The summed E-state index contributed by atoms with van der Waals surface area (Å²) in [5.74, 6) is -0.208. The van der Waals surface area contributed by atoms with Crippen molar-refractivity contribution >= 4 is 5.69 Å². The highest BCUT2D eigenvalue weighted by atomic mass is 19.1. The molecule has 1 N–H and O–H groups in total. The summed E-state index contributed by atoms with van der Waals surface area (Å²) in [5.41, 5.74) is 3.02. The lowest BCUT2D eigenvalue weighted by Gasteiger charge is -2.10. The van der Waals surface area contributed by atoms with Gasteiger partial charge in [0, 0.05) is 12.2 Å². The number of hydrogen-bond acceptors (Lipinski definition) is 1. The van der Waals surface area contributed by atoms with E-state index in [1.165, 1.54) is 12.1 Å². The summed E-state index contributed by atoms with van der Waals surface area (Å²) in [5, 5.41) is 3.16. The first-order chi connectivity index (χ1) is 6.63. The van der Waals surface area contributed by atoms with Crippen molar-refractivity contribution in [2.24, 2.45) is 0 Å². The van der Waals surface area contributed by atoms with Gasteiger partial charge in [-0.25, -0.2) is 4.39 Å². The van der Waals surface area contributed by atoms with Crippen LogP contribution in [0, 0.1) is 12.7 Å². The van der Waals surface area contributed by atoms with E-state index in [0.29, 0.717) is 6.54 Å². The Hall–Kier alpha value is -1.31. The molecule has 76 valence electrons. The summed E-state index contributed by atoms with van der Waals surface area (Å²) in [6.07, 6.45) is 0.946. The van der Waals surface area contributed by atoms with Crippen LogP contribution in [0.15, 0.2) is 30.4 Å². The molecule has 0 radical (unpaired) electrons. The summed E-state index contributed by atoms with van der Waals surface area (Å²) in [6, 6.07) is 4.75. The van der Waals surface area contributed by atoms with Crippen LogP contribution >= 0.6 is 0 Å². The number of nitrogens with one attached hydrogen (secondary N) is 1. The van der Waals surface area contributed by atoms with Gasteiger partial charge in [0.25, 0.3) is 0 Å². The van der Waals surface area contributed by atoms with Crippen LogP contribution in [0.1, 0.15) is 18.9 Å². The smallest absolute Gasteiger partial charge is 0.125 e. The predicted octanol–water partition coefficient (Wildman–Crippen LogP) is 3.51. The molecule has 0 bridgehead atoms. The van der Waals surface area contributed by atoms with E-state index in [9.17, 15) is 4.39 Å². The molecule has 1 aromatic carbocycles. The highest BCUT2D eigenvalue weighted by molar-refractivity contribution is 5.51. The molecule has 1 nitrogen and oxygen atoms in total. The zero-order chi connectivity index (χ0) is 10.6. The Labute approximate surface area is 84.6 Å². The van der Waals surface area contributed by atoms with Gasteiger partial charge >= 0.3 is 0 Å². The molecule has 0 saturated carbocycles. The van der Waals surface area contributed by atoms with E-state index in [0.717, 1.165) is 23.2 Å². The third kappa shape index (κ3) is 2.87. The normalized spacial score (nSPS) is 9.93. The molecule has 0 aliphatic rings. The third-order valence-corrected chi connectivity index (χ3v) is 2.23. The van der Waals surface area contributed by atoms with Crippen molar-refractivity contribution in [3.63, 3.8) is 0 Å². The van der Waals surface area contributed by atoms with E-state index in [1.54, 1.807) is 6.07 Å². The fraction of sp³-hybridized carbons (Fsp3) is 0.333. The Morgan fingerprint density at radius 3 is 2.86 bits per heavy atom. The fourth-order valence-corrected chi connectivity index (χ4v) is 1.13. The maximum atomic E-state index is 12.9. The fourth-order valence-electron chi connectivity index (χ4n) is 1.13. The SMILES string of the molecule is C=C(CC)CNc1cc(F)ccc1C. The number of anilines is 1. The topological polar surface area (TPSA) is 12.0 Å². The largest absolute Gasteiger partial charge is 0.381 e. The van der Waals surface area contributed by atoms with Gasteiger partial charge in [0.15, 0.2) is 0 Å². The van der Waals surface area contributed by atoms with Crippen molar-refractivity contribution < 1.29 is 4.39 Å². The molecule has 1 aromatic rings. The molecule has 1 rings (SSSR count). The molecule has 0 unspecified atom stereocenters. The van der Waals surface area contributed by atoms with Crippen molar-refractivity contribution in [1.82, 2.24) is 0 Å². The van der Waals surface area contributed by atoms with Gasteiger partial charge in [-0.1, -0.05) is 25.1 Å². The Morgan fingerprint density at radius 2 is 2.21 bits per heavy atom. The second kappa shape index (κ2) is 4.80. The maximum Gasteiger partial charge on any atom is 0.125 e. The van der Waals surface area contributed by atoms with E-state index < -0.39 is 0 Å². The van der Waals surface area contributed by atoms with Gasteiger partial charge in [0.05, 0.1) is 0 Å². The van der Waals surface area contributed by atoms with Crippen LogP contribution in [-0.4, -0.2) is 6.54 Å². The molecule has 0 aliphatic heterocycles. The van der Waals surface area contributed by atoms with Gasteiger partial charge in [-0.3, -0.25) is 0 Å². The van der Waals surface area contributed by atoms with Gasteiger partial charge in [-0.2, -0.15) is 0 Å². The number of hydrogen-bond donors (Lipinski definition) is 1. The van der Waals surface area contributed by atoms with Crippen LogP contribution < -0.4 is 5.32 Å². The molecular weight excluding hydrogens is 177 g/mol. The molecule has 0 aliphatic carbocycles. The average Bonchev–Trinajstić information content (AvgIpc) is 2.19. The Kier molecular flexibility index (Phi) is 3.69. The summed E-state index contributed by atoms with van der Waals surface area (Å²) in [6.45, 7) is 8.61. The van der Waals surface area contributed by atoms with Gasteiger partial charge < -0.3 is 5.32 Å². The quantitative estimate of drug-likeness (QED) is 0.721. The van der Waals surface area contributed by atoms with E-state index >= 15 is 0 Å². The van der Waals surface area contributed by atoms with Crippen molar-refractivity contribution in [3.05, 3.63) is 41.7 Å². The average molecular weight is 193 g/mol. The van der Waals surface area contributed by atoms with Crippen LogP contribution in [0.25, 0.3) is 0 Å². The van der Waals surface area contributed by atoms with Crippen LogP contribution in [-0.2, 0) is 0 Å². The Bertz CT molecular complexity index is 331. The van der Waals surface area contributed by atoms with Gasteiger partial charge in [-0.05, 0) is 31.0 Å². The van der Waals surface area contributed by atoms with Crippen molar-refractivity contribution in [3.8, 4) is 0 Å². The molecule has 0 amide bonds. The zero-order valence-electron chi connectivity index (χ0n) is 8.73. The molecule has 0 fully saturated rings. The van der Waals surface area contributed by atoms with E-state index in [2.05, 4.69) is 18.8 Å². The third-order valence-electron chi connectivity index (χ3n) is 2.23. The molecular formula is C12H16FN. The molecule has 14 heavy (non-hydrogen) atoms. The first kappa shape index (κ1) is 10.8. The van der Waals surface area contributed by atoms with Crippen molar-refractivity contribution in [1.29, 1.82) is 0 Å². The lowest BCUT2D eigenvalue weighted by molar-refractivity contribution is 0.628. The molecule has 2 heteroatoms. The van der Waals surface area contributed by atoms with Crippen molar-refractivity contribution in [2.45, 2.75) is 20.3 Å². The summed E-state index contributed by atoms with van der Waals surface area (Å²) >= 11 is 0. The molecule has 0 atom stereocenters. The van der Waals surface area contributed by atoms with Gasteiger partial charge in [-0.15, -0.1) is 0 Å². The number of benzene rings is 1. The lowest BCUT2D eigenvalue weighted by Crippen LogP contribution is -2.04. The van der Waals surface area contributed by atoms with Crippen molar-refractivity contribution in [2.75, 3.05) is 11.9 Å². The summed E-state index contributed by atoms with van der Waals surface area (Å²) in [4.78, 5) is 0. The summed E-state index contributed by atoms with van der Waals surface area (Å²) in [7, 11) is 0. The second-order valence-corrected chi connectivity index (χ2v) is 3.42. The lowest BCUT2D eigenvalue weighted by atomic mass is 10.2. The van der Waals surface area contributed by atoms with Crippen LogP contribution in [0.2, 0.25) is 0 Å². The molecule has 0 aromatic heterocycles. The van der Waals surface area contributed by atoms with E-state index in [-0.39, 0.29) is 5.82 Å². The van der Waals surface area contributed by atoms with Gasteiger partial charge in [0.1, 0.15) is 5.82 Å². The van der Waals surface area contributed by atoms with E-state index in [1.807, 2.05) is 6.92 Å². The van der Waals surface area contributed by atoms with Crippen LogP contribution in [0.4, 0.5) is 10.1 Å². The summed E-state index contributed by atoms with van der Waals surface area (Å²) < 4.78 is 12.9. The first-order valence-corrected chi connectivity index (χ1v) is 4.80. The number of halogens is 1. The minimum absolute atomic E-state index is 0.208. The number of rotatable bonds is 4. The predicted molar refractivity (Wildman–Crippen MR) is 59.1 cm³/mol. The minimum Gasteiger partial charge on any atom is -0.381 e. The maximum absolute atomic E-state index is 12.9. The monoisotopic (exact) mass is 193 g/mol. The van der Waals surface area contributed by atoms with Gasteiger partial charge in [0.2, 0.25) is 0 Å². The van der Waals surface area contributed by atoms with Crippen LogP contribution in [0.5, 0.6) is 0 Å². The number of aryl methyl sites for hydroxylation is 1. The second-order valence-electron chi connectivity index (χ2n) is 3.42. The highest BCUT2D eigenvalue weighted by Crippen LogP contribution is 2.16. The Morgan fingerprint density at radius 1 is 1.50 bits per heavy atom. The Balaban J connectivity index is 2.66. The minimum atomic E-state index is -0.208. The van der Waals surface area contributed by atoms with Crippen LogP contribution in [0.3, 0.4) is 0 Å². The van der Waals surface area contributed by atoms with E-state index in [4.69, 9.17) is 0 Å². The standard InChI is InChI=1S/C12H16FN/c1-4-9(2)8-14-12-7-11(13)6-5-10(12)3/h5-7,14H,2,4,8H2,1,3H3. The molecule has 0 saturated heterocycles.